The molecule has 3 unspecified atom stereocenters. The van der Waals surface area contributed by atoms with Crippen LogP contribution in [-0.4, -0.2) is 40.8 Å². The standard InChI is InChI=1S/C19H15ClN2O4/c1-22-17(25)13(15(23)18(22)26)19(10-6-3-2-4-7-10)16(24)11-8-5-9-12(20)14(11)21-19/h2-9,13,15,21,23H,1H3. The molecular formula is C19H15ClN2O4. The van der Waals surface area contributed by atoms with Gasteiger partial charge in [-0.2, -0.15) is 0 Å². The normalized spacial score (nSPS) is 27.7. The molecule has 0 aliphatic carbocycles. The van der Waals surface area contributed by atoms with Crippen molar-refractivity contribution in [2.24, 2.45) is 5.92 Å². The molecule has 6 nitrogen and oxygen atoms in total. The van der Waals surface area contributed by atoms with Crippen LogP contribution in [0.5, 0.6) is 0 Å². The van der Waals surface area contributed by atoms with Crippen LogP contribution in [-0.2, 0) is 15.1 Å². The predicted octanol–water partition coefficient (Wildman–Crippen LogP) is 1.82. The molecule has 1 fully saturated rings. The number of halogens is 1. The van der Waals surface area contributed by atoms with Crippen LogP contribution in [0.1, 0.15) is 15.9 Å². The number of benzene rings is 2. The van der Waals surface area contributed by atoms with E-state index in [2.05, 4.69) is 5.32 Å². The summed E-state index contributed by atoms with van der Waals surface area (Å²) in [6.45, 7) is 0. The van der Waals surface area contributed by atoms with E-state index in [0.717, 1.165) is 4.90 Å². The van der Waals surface area contributed by atoms with Gasteiger partial charge in [-0.05, 0) is 17.7 Å². The van der Waals surface area contributed by atoms with E-state index < -0.39 is 35.2 Å². The molecule has 7 heteroatoms. The van der Waals surface area contributed by atoms with Gasteiger partial charge in [-0.1, -0.05) is 48.0 Å². The molecule has 0 saturated carbocycles. The van der Waals surface area contributed by atoms with Crippen molar-refractivity contribution in [3.63, 3.8) is 0 Å². The fourth-order valence-corrected chi connectivity index (χ4v) is 4.05. The molecule has 4 rings (SSSR count). The summed E-state index contributed by atoms with van der Waals surface area (Å²) in [5, 5.41) is 13.9. The van der Waals surface area contributed by atoms with Crippen LogP contribution in [0.15, 0.2) is 48.5 Å². The number of likely N-dealkylation sites (N-methyl/N-ethyl adjacent to an activating group) is 1. The molecule has 0 aromatic heterocycles. The number of hydrogen-bond donors (Lipinski definition) is 2. The zero-order chi connectivity index (χ0) is 18.6. The number of rotatable bonds is 2. The number of nitrogens with one attached hydrogen (secondary N) is 1. The van der Waals surface area contributed by atoms with E-state index in [1.54, 1.807) is 48.5 Å². The summed E-state index contributed by atoms with van der Waals surface area (Å²) in [7, 11) is 1.30. The zero-order valence-electron chi connectivity index (χ0n) is 13.8. The third-order valence-electron chi connectivity index (χ3n) is 5.13. The second-order valence-electron chi connectivity index (χ2n) is 6.45. The number of amides is 2. The molecule has 2 aromatic rings. The topological polar surface area (TPSA) is 86.7 Å². The smallest absolute Gasteiger partial charge is 0.258 e. The fourth-order valence-electron chi connectivity index (χ4n) is 3.82. The van der Waals surface area contributed by atoms with Crippen LogP contribution in [0.25, 0.3) is 0 Å². The Balaban J connectivity index is 1.98. The van der Waals surface area contributed by atoms with Gasteiger partial charge >= 0.3 is 0 Å². The molecular weight excluding hydrogens is 356 g/mol. The molecule has 2 aliphatic rings. The lowest BCUT2D eigenvalue weighted by atomic mass is 9.73. The Morgan fingerprint density at radius 2 is 1.73 bits per heavy atom. The highest BCUT2D eigenvalue weighted by Crippen LogP contribution is 2.49. The molecule has 2 aliphatic heterocycles. The van der Waals surface area contributed by atoms with Gasteiger partial charge in [-0.25, -0.2) is 0 Å². The minimum Gasteiger partial charge on any atom is -0.382 e. The number of fused-ring (bicyclic) bond motifs is 1. The number of anilines is 1. The van der Waals surface area contributed by atoms with Crippen LogP contribution in [0.3, 0.4) is 0 Å². The highest BCUT2D eigenvalue weighted by Gasteiger charge is 2.63. The predicted molar refractivity (Wildman–Crippen MR) is 94.8 cm³/mol. The van der Waals surface area contributed by atoms with Crippen molar-refractivity contribution in [1.29, 1.82) is 0 Å². The lowest BCUT2D eigenvalue weighted by molar-refractivity contribution is -0.139. The number of carbonyl (C=O) groups excluding carboxylic acids is 3. The third kappa shape index (κ3) is 2.00. The summed E-state index contributed by atoms with van der Waals surface area (Å²) >= 11 is 6.25. The Kier molecular flexibility index (Phi) is 3.64. The molecule has 132 valence electrons. The van der Waals surface area contributed by atoms with Crippen LogP contribution >= 0.6 is 11.6 Å². The Morgan fingerprint density at radius 3 is 2.31 bits per heavy atom. The lowest BCUT2D eigenvalue weighted by Crippen LogP contribution is -2.52. The Bertz CT molecular complexity index is 946. The summed E-state index contributed by atoms with van der Waals surface area (Å²) < 4.78 is 0. The molecule has 3 atom stereocenters. The third-order valence-corrected chi connectivity index (χ3v) is 5.45. The van der Waals surface area contributed by atoms with Crippen molar-refractivity contribution >= 4 is 34.9 Å². The van der Waals surface area contributed by atoms with Crippen molar-refractivity contribution < 1.29 is 19.5 Å². The van der Waals surface area contributed by atoms with Gasteiger partial charge in [-0.3, -0.25) is 19.3 Å². The Morgan fingerprint density at radius 1 is 1.04 bits per heavy atom. The lowest BCUT2D eigenvalue weighted by Gasteiger charge is -2.34. The molecule has 1 saturated heterocycles. The molecule has 2 aromatic carbocycles. The fraction of sp³-hybridized carbons (Fsp3) is 0.211. The van der Waals surface area contributed by atoms with Crippen molar-refractivity contribution in [2.75, 3.05) is 12.4 Å². The van der Waals surface area contributed by atoms with Crippen molar-refractivity contribution in [3.8, 4) is 0 Å². The van der Waals surface area contributed by atoms with Gasteiger partial charge in [0.1, 0.15) is 17.6 Å². The largest absolute Gasteiger partial charge is 0.382 e. The first-order valence-electron chi connectivity index (χ1n) is 8.06. The quantitative estimate of drug-likeness (QED) is 0.787. The van der Waals surface area contributed by atoms with Crippen molar-refractivity contribution in [1.82, 2.24) is 4.90 Å². The minimum absolute atomic E-state index is 0.323. The van der Waals surface area contributed by atoms with E-state index in [-0.39, 0.29) is 0 Å². The molecule has 2 heterocycles. The van der Waals surface area contributed by atoms with Crippen molar-refractivity contribution in [2.45, 2.75) is 11.6 Å². The second kappa shape index (κ2) is 5.65. The number of aliphatic hydroxyl groups is 1. The Labute approximate surface area is 154 Å². The molecule has 0 radical (unpaired) electrons. The first-order chi connectivity index (χ1) is 12.4. The summed E-state index contributed by atoms with van der Waals surface area (Å²) in [4.78, 5) is 39.3. The summed E-state index contributed by atoms with van der Waals surface area (Å²) in [5.41, 5.74) is -0.406. The van der Waals surface area contributed by atoms with Gasteiger partial charge in [0.2, 0.25) is 5.91 Å². The van der Waals surface area contributed by atoms with Crippen LogP contribution < -0.4 is 5.32 Å². The molecule has 2 amide bonds. The SMILES string of the molecule is CN1C(=O)C(O)C(C2(c3ccccc3)Nc3c(Cl)cccc3C2=O)C1=O. The highest BCUT2D eigenvalue weighted by atomic mass is 35.5. The van der Waals surface area contributed by atoms with Crippen LogP contribution in [0.2, 0.25) is 5.02 Å². The highest BCUT2D eigenvalue weighted by molar-refractivity contribution is 6.35. The average molecular weight is 371 g/mol. The summed E-state index contributed by atoms with van der Waals surface area (Å²) in [6.07, 6.45) is -1.63. The van der Waals surface area contributed by atoms with Gasteiger partial charge in [0.05, 0.1) is 10.7 Å². The van der Waals surface area contributed by atoms with Gasteiger partial charge in [0, 0.05) is 12.6 Å². The maximum Gasteiger partial charge on any atom is 0.258 e. The maximum absolute atomic E-state index is 13.4. The number of aliphatic hydroxyl groups excluding tert-OH is 1. The van der Waals surface area contributed by atoms with E-state index in [1.165, 1.54) is 7.05 Å². The first kappa shape index (κ1) is 16.8. The number of Topliss-reactive ketones (excluding diaryl/α,β-unsaturated/α-hetero) is 1. The van der Waals surface area contributed by atoms with E-state index in [4.69, 9.17) is 11.6 Å². The molecule has 0 bridgehead atoms. The van der Waals surface area contributed by atoms with Crippen LogP contribution in [0.4, 0.5) is 5.69 Å². The summed E-state index contributed by atoms with van der Waals surface area (Å²) in [5.74, 6) is -3.04. The monoisotopic (exact) mass is 370 g/mol. The number of likely N-dealkylation sites (tertiary alicyclic amines) is 1. The summed E-state index contributed by atoms with van der Waals surface area (Å²) in [6, 6.07) is 13.5. The molecule has 26 heavy (non-hydrogen) atoms. The average Bonchev–Trinajstić information content (AvgIpc) is 3.05. The molecule has 2 N–H and O–H groups in total. The maximum atomic E-state index is 13.4. The van der Waals surface area contributed by atoms with Crippen LogP contribution in [0, 0.1) is 5.92 Å². The van der Waals surface area contributed by atoms with Gasteiger partial charge < -0.3 is 10.4 Å². The van der Waals surface area contributed by atoms with E-state index >= 15 is 0 Å². The number of hydrogen-bond acceptors (Lipinski definition) is 5. The van der Waals surface area contributed by atoms with E-state index in [0.29, 0.717) is 21.8 Å². The first-order valence-corrected chi connectivity index (χ1v) is 8.44. The second-order valence-corrected chi connectivity index (χ2v) is 6.86. The number of imide groups is 1. The molecule has 0 spiro atoms. The number of carbonyl (C=O) groups is 3. The Hall–Kier alpha value is -2.70. The van der Waals surface area contributed by atoms with Gasteiger partial charge in [-0.15, -0.1) is 0 Å². The number of para-hydroxylation sites is 1. The van der Waals surface area contributed by atoms with Crippen molar-refractivity contribution in [3.05, 3.63) is 64.7 Å². The van der Waals surface area contributed by atoms with Gasteiger partial charge in [0.15, 0.2) is 5.78 Å². The number of ketones is 1. The van der Waals surface area contributed by atoms with E-state index in [1.807, 2.05) is 0 Å². The van der Waals surface area contributed by atoms with Gasteiger partial charge in [0.25, 0.3) is 5.91 Å². The zero-order valence-corrected chi connectivity index (χ0v) is 14.5. The van der Waals surface area contributed by atoms with E-state index in [9.17, 15) is 19.5 Å². The number of nitrogens with zero attached hydrogens (tertiary/aromatic N) is 1. The minimum atomic E-state index is -1.63.